The molecule has 0 saturated carbocycles. The molecule has 0 unspecified atom stereocenters. The Balaban J connectivity index is 1.77. The molecule has 1 aromatic carbocycles. The van der Waals surface area contributed by atoms with Crippen molar-refractivity contribution < 1.29 is 26.3 Å². The highest BCUT2D eigenvalue weighted by atomic mass is 32.2. The van der Waals surface area contributed by atoms with Crippen molar-refractivity contribution >= 4 is 15.6 Å². The average Bonchev–Trinajstić information content (AvgIpc) is 3.01. The summed E-state index contributed by atoms with van der Waals surface area (Å²) in [6.45, 7) is 0.341. The van der Waals surface area contributed by atoms with E-state index in [1.807, 2.05) is 0 Å². The number of hydrogen-bond acceptors (Lipinski definition) is 4. The first-order valence-electron chi connectivity index (χ1n) is 7.70. The molecule has 6 nitrogen and oxygen atoms in total. The zero-order chi connectivity index (χ0) is 18.9. The average molecular weight is 387 g/mol. The van der Waals surface area contributed by atoms with Gasteiger partial charge in [0, 0.05) is 26.3 Å². The van der Waals surface area contributed by atoms with Crippen LogP contribution in [-0.2, 0) is 17.1 Å². The van der Waals surface area contributed by atoms with Crippen LogP contribution in [0.4, 0.5) is 13.2 Å². The largest absolute Gasteiger partial charge is 0.573 e. The van der Waals surface area contributed by atoms with Crippen molar-refractivity contribution in [3.63, 3.8) is 0 Å². The summed E-state index contributed by atoms with van der Waals surface area (Å²) in [7, 11) is -2.07. The van der Waals surface area contributed by atoms with Gasteiger partial charge in [0.25, 0.3) is 10.0 Å². The highest BCUT2D eigenvalue weighted by molar-refractivity contribution is 7.89. The molecule has 2 aromatic rings. The van der Waals surface area contributed by atoms with Gasteiger partial charge in [0.05, 0.1) is 0 Å². The van der Waals surface area contributed by atoms with Crippen LogP contribution in [0.2, 0.25) is 0 Å². The first-order chi connectivity index (χ1) is 12.1. The van der Waals surface area contributed by atoms with Crippen molar-refractivity contribution in [3.05, 3.63) is 48.2 Å². The minimum Gasteiger partial charge on any atom is -0.406 e. The highest BCUT2D eigenvalue weighted by Crippen LogP contribution is 2.29. The van der Waals surface area contributed by atoms with Gasteiger partial charge >= 0.3 is 6.36 Å². The van der Waals surface area contributed by atoms with Crippen LogP contribution in [0.1, 0.15) is 12.0 Å². The molecule has 0 fully saturated rings. The highest BCUT2D eigenvalue weighted by Gasteiger charge is 2.31. The SMILES string of the molecule is Cn1ccc(S(=O)(=O)N2CC=C(c3cccc(OC(F)(F)F)c3)CC2)n1. The summed E-state index contributed by atoms with van der Waals surface area (Å²) in [5.41, 5.74) is 1.34. The Kier molecular flexibility index (Phi) is 4.80. The van der Waals surface area contributed by atoms with E-state index in [9.17, 15) is 21.6 Å². The summed E-state index contributed by atoms with van der Waals surface area (Å²) in [6.07, 6.45) is -1.14. The van der Waals surface area contributed by atoms with E-state index in [4.69, 9.17) is 0 Å². The number of rotatable bonds is 4. The van der Waals surface area contributed by atoms with Gasteiger partial charge in [0.15, 0.2) is 5.03 Å². The molecule has 1 aliphatic heterocycles. The first kappa shape index (κ1) is 18.5. The van der Waals surface area contributed by atoms with E-state index in [-0.39, 0.29) is 23.9 Å². The Morgan fingerprint density at radius 2 is 2.00 bits per heavy atom. The lowest BCUT2D eigenvalue weighted by atomic mass is 10.0. The Hall–Kier alpha value is -2.33. The van der Waals surface area contributed by atoms with Crippen molar-refractivity contribution in [2.75, 3.05) is 13.1 Å². The Labute approximate surface area is 148 Å². The molecule has 1 aromatic heterocycles. The molecule has 0 N–H and O–H groups in total. The second kappa shape index (κ2) is 6.76. The van der Waals surface area contributed by atoms with Crippen LogP contribution in [0.5, 0.6) is 5.75 Å². The van der Waals surface area contributed by atoms with E-state index in [2.05, 4.69) is 9.84 Å². The van der Waals surface area contributed by atoms with Gasteiger partial charge in [-0.05, 0) is 35.8 Å². The van der Waals surface area contributed by atoms with Crippen molar-refractivity contribution in [2.24, 2.45) is 7.05 Å². The fraction of sp³-hybridized carbons (Fsp3) is 0.312. The maximum absolute atomic E-state index is 12.5. The Morgan fingerprint density at radius 1 is 1.23 bits per heavy atom. The summed E-state index contributed by atoms with van der Waals surface area (Å²) >= 11 is 0. The van der Waals surface area contributed by atoms with E-state index in [0.717, 1.165) is 5.57 Å². The van der Waals surface area contributed by atoms with Gasteiger partial charge in [-0.3, -0.25) is 4.68 Å². The summed E-state index contributed by atoms with van der Waals surface area (Å²) < 4.78 is 68.7. The van der Waals surface area contributed by atoms with Crippen LogP contribution in [0, 0.1) is 0 Å². The Morgan fingerprint density at radius 3 is 2.58 bits per heavy atom. The monoisotopic (exact) mass is 387 g/mol. The fourth-order valence-electron chi connectivity index (χ4n) is 2.69. The molecule has 0 atom stereocenters. The molecule has 140 valence electrons. The van der Waals surface area contributed by atoms with Crippen molar-refractivity contribution in [3.8, 4) is 5.75 Å². The number of nitrogens with zero attached hydrogens (tertiary/aromatic N) is 3. The summed E-state index contributed by atoms with van der Waals surface area (Å²) in [5.74, 6) is -0.306. The minimum atomic E-state index is -4.76. The number of benzene rings is 1. The molecule has 0 bridgehead atoms. The molecule has 0 spiro atoms. The topological polar surface area (TPSA) is 64.4 Å². The lowest BCUT2D eigenvalue weighted by molar-refractivity contribution is -0.274. The normalized spacial score (nSPS) is 16.4. The van der Waals surface area contributed by atoms with Gasteiger partial charge in [-0.1, -0.05) is 18.2 Å². The molecule has 10 heteroatoms. The Bertz CT molecular complexity index is 935. The number of aromatic nitrogens is 2. The predicted molar refractivity (Wildman–Crippen MR) is 87.7 cm³/mol. The summed E-state index contributed by atoms with van der Waals surface area (Å²) in [5, 5.41) is 3.89. The lowest BCUT2D eigenvalue weighted by Gasteiger charge is -2.25. The predicted octanol–water partition coefficient (Wildman–Crippen LogP) is 2.80. The number of sulfonamides is 1. The van der Waals surface area contributed by atoms with Gasteiger partial charge in [-0.15, -0.1) is 13.2 Å². The molecule has 1 aliphatic rings. The van der Waals surface area contributed by atoms with E-state index in [0.29, 0.717) is 12.0 Å². The third-order valence-corrected chi connectivity index (χ3v) is 5.66. The zero-order valence-electron chi connectivity index (χ0n) is 13.8. The molecule has 26 heavy (non-hydrogen) atoms. The molecular formula is C16H16F3N3O3S. The molecule has 2 heterocycles. The van der Waals surface area contributed by atoms with Crippen molar-refractivity contribution in [1.29, 1.82) is 0 Å². The number of halogens is 3. The van der Waals surface area contributed by atoms with Crippen molar-refractivity contribution in [1.82, 2.24) is 14.1 Å². The molecular weight excluding hydrogens is 371 g/mol. The van der Waals surface area contributed by atoms with Crippen LogP contribution in [0.25, 0.3) is 5.57 Å². The van der Waals surface area contributed by atoms with Crippen LogP contribution in [0.15, 0.2) is 47.6 Å². The minimum absolute atomic E-state index is 0.0302. The van der Waals surface area contributed by atoms with Gasteiger partial charge in [-0.25, -0.2) is 8.42 Å². The van der Waals surface area contributed by atoms with E-state index in [1.165, 1.54) is 33.3 Å². The van der Waals surface area contributed by atoms with Crippen LogP contribution in [0.3, 0.4) is 0 Å². The van der Waals surface area contributed by atoms with E-state index < -0.39 is 16.4 Å². The first-order valence-corrected chi connectivity index (χ1v) is 9.14. The van der Waals surface area contributed by atoms with E-state index in [1.54, 1.807) is 25.4 Å². The number of aryl methyl sites for hydroxylation is 1. The van der Waals surface area contributed by atoms with Crippen LogP contribution < -0.4 is 4.74 Å². The standard InChI is InChI=1S/C16H16F3N3O3S/c1-21-8-7-15(20-21)26(23,24)22-9-5-12(6-10-22)13-3-2-4-14(11-13)25-16(17,18)19/h2-5,7-8,11H,6,9-10H2,1H3. The van der Waals surface area contributed by atoms with E-state index >= 15 is 0 Å². The second-order valence-corrected chi connectivity index (χ2v) is 7.63. The number of alkyl halides is 3. The maximum Gasteiger partial charge on any atom is 0.573 e. The molecule has 3 rings (SSSR count). The quantitative estimate of drug-likeness (QED) is 0.809. The number of hydrogen-bond donors (Lipinski definition) is 0. The fourth-order valence-corrected chi connectivity index (χ4v) is 4.02. The van der Waals surface area contributed by atoms with Gasteiger partial charge in [0.1, 0.15) is 5.75 Å². The van der Waals surface area contributed by atoms with Crippen molar-refractivity contribution in [2.45, 2.75) is 17.8 Å². The third-order valence-electron chi connectivity index (χ3n) is 3.90. The maximum atomic E-state index is 12.5. The lowest BCUT2D eigenvalue weighted by Crippen LogP contribution is -2.35. The second-order valence-electron chi connectivity index (χ2n) is 5.75. The van der Waals surface area contributed by atoms with Crippen LogP contribution >= 0.6 is 0 Å². The summed E-state index contributed by atoms with van der Waals surface area (Å²) in [6, 6.07) is 7.07. The van der Waals surface area contributed by atoms with Gasteiger partial charge < -0.3 is 4.74 Å². The van der Waals surface area contributed by atoms with Gasteiger partial charge in [-0.2, -0.15) is 9.40 Å². The zero-order valence-corrected chi connectivity index (χ0v) is 14.6. The third kappa shape index (κ3) is 4.07. The molecule has 0 aliphatic carbocycles. The molecule has 0 radical (unpaired) electrons. The van der Waals surface area contributed by atoms with Gasteiger partial charge in [0.2, 0.25) is 0 Å². The molecule has 0 saturated heterocycles. The summed E-state index contributed by atoms with van der Waals surface area (Å²) in [4.78, 5) is 0. The van der Waals surface area contributed by atoms with Crippen LogP contribution in [-0.4, -0.2) is 42.0 Å². The smallest absolute Gasteiger partial charge is 0.406 e. The number of ether oxygens (including phenoxy) is 1. The molecule has 0 amide bonds.